The van der Waals surface area contributed by atoms with Gasteiger partial charge >= 0.3 is 0 Å². The van der Waals surface area contributed by atoms with Crippen LogP contribution in [-0.4, -0.2) is 0 Å². The molecular formula is C11H17ClN2. The van der Waals surface area contributed by atoms with Gasteiger partial charge in [0.25, 0.3) is 0 Å². The maximum absolute atomic E-state index is 6.48. The van der Waals surface area contributed by atoms with Gasteiger partial charge in [0.2, 0.25) is 0 Å². The number of hydrogen-bond acceptors (Lipinski definition) is 2. The molecule has 0 aliphatic heterocycles. The number of anilines is 2. The molecule has 0 saturated carbocycles. The molecule has 2 nitrogen and oxygen atoms in total. The van der Waals surface area contributed by atoms with Gasteiger partial charge in [-0.25, -0.2) is 0 Å². The van der Waals surface area contributed by atoms with Crippen LogP contribution in [0.15, 0.2) is 18.2 Å². The van der Waals surface area contributed by atoms with Gasteiger partial charge in [-0.1, -0.05) is 26.0 Å². The lowest BCUT2D eigenvalue weighted by Gasteiger charge is -2.26. The van der Waals surface area contributed by atoms with Crippen molar-refractivity contribution in [3.8, 4) is 0 Å². The van der Waals surface area contributed by atoms with Crippen LogP contribution in [0.1, 0.15) is 32.3 Å². The van der Waals surface area contributed by atoms with Crippen molar-refractivity contribution in [1.82, 2.24) is 0 Å². The molecule has 0 heterocycles. The van der Waals surface area contributed by atoms with Crippen LogP contribution in [0, 0.1) is 0 Å². The lowest BCUT2D eigenvalue weighted by molar-refractivity contribution is 0.568. The summed E-state index contributed by atoms with van der Waals surface area (Å²) >= 11 is 6.48. The first-order chi connectivity index (χ1) is 6.55. The Kier molecular flexibility index (Phi) is 3.27. The number of benzene rings is 1. The summed E-state index contributed by atoms with van der Waals surface area (Å²) in [6.07, 6.45) is 1.69. The molecule has 0 bridgehead atoms. The number of hydrogen-bond donors (Lipinski definition) is 2. The highest BCUT2D eigenvalue weighted by molar-refractivity contribution is 6.24. The standard InChI is InChI=1S/C11H17ClN2/c1-3-11(12,4-2)8-6-5-7-9(13)10(8)14/h5-7H,3-4,13-14H2,1-2H3. The first-order valence-corrected chi connectivity index (χ1v) is 5.26. The van der Waals surface area contributed by atoms with Crippen LogP contribution in [-0.2, 0) is 4.87 Å². The highest BCUT2D eigenvalue weighted by Gasteiger charge is 2.27. The van der Waals surface area contributed by atoms with Crippen LogP contribution >= 0.6 is 11.6 Å². The molecule has 0 aliphatic carbocycles. The fraction of sp³-hybridized carbons (Fsp3) is 0.455. The number of nitrogens with two attached hydrogens (primary N) is 2. The summed E-state index contributed by atoms with van der Waals surface area (Å²) in [4.78, 5) is -0.376. The van der Waals surface area contributed by atoms with Gasteiger partial charge in [0.15, 0.2) is 0 Å². The van der Waals surface area contributed by atoms with Crippen molar-refractivity contribution >= 4 is 23.0 Å². The smallest absolute Gasteiger partial charge is 0.0710 e. The summed E-state index contributed by atoms with van der Waals surface area (Å²) in [5, 5.41) is 0. The van der Waals surface area contributed by atoms with Crippen LogP contribution < -0.4 is 11.5 Å². The van der Waals surface area contributed by atoms with Crippen LogP contribution in [0.4, 0.5) is 11.4 Å². The summed E-state index contributed by atoms with van der Waals surface area (Å²) in [6, 6.07) is 5.64. The van der Waals surface area contributed by atoms with Crippen molar-refractivity contribution in [2.24, 2.45) is 0 Å². The summed E-state index contributed by atoms with van der Waals surface area (Å²) in [6.45, 7) is 4.11. The van der Waals surface area contributed by atoms with Gasteiger partial charge < -0.3 is 11.5 Å². The molecule has 0 saturated heterocycles. The highest BCUT2D eigenvalue weighted by Crippen LogP contribution is 2.40. The minimum Gasteiger partial charge on any atom is -0.397 e. The molecule has 0 radical (unpaired) electrons. The molecule has 0 aliphatic rings. The Balaban J connectivity index is 3.24. The van der Waals surface area contributed by atoms with Crippen molar-refractivity contribution in [1.29, 1.82) is 0 Å². The predicted octanol–water partition coefficient (Wildman–Crippen LogP) is 3.11. The Hall–Kier alpha value is -0.890. The summed E-state index contributed by atoms with van der Waals surface area (Å²) in [5.74, 6) is 0. The molecular weight excluding hydrogens is 196 g/mol. The molecule has 0 fully saturated rings. The van der Waals surface area contributed by atoms with E-state index in [0.717, 1.165) is 18.4 Å². The second kappa shape index (κ2) is 4.09. The molecule has 0 spiro atoms. The van der Waals surface area contributed by atoms with Crippen LogP contribution in [0.2, 0.25) is 0 Å². The SMILES string of the molecule is CCC(Cl)(CC)c1cccc(N)c1N. The largest absolute Gasteiger partial charge is 0.397 e. The van der Waals surface area contributed by atoms with Gasteiger partial charge in [-0.15, -0.1) is 11.6 Å². The number of alkyl halides is 1. The van der Waals surface area contributed by atoms with E-state index in [1.165, 1.54) is 0 Å². The van der Waals surface area contributed by atoms with E-state index >= 15 is 0 Å². The van der Waals surface area contributed by atoms with E-state index in [-0.39, 0.29) is 4.87 Å². The molecule has 0 atom stereocenters. The fourth-order valence-electron chi connectivity index (χ4n) is 1.60. The predicted molar refractivity (Wildman–Crippen MR) is 63.4 cm³/mol. The minimum atomic E-state index is -0.376. The van der Waals surface area contributed by atoms with Gasteiger partial charge in [0.05, 0.1) is 16.2 Å². The number of halogens is 1. The second-order valence-electron chi connectivity index (χ2n) is 3.48. The molecule has 3 heteroatoms. The monoisotopic (exact) mass is 212 g/mol. The summed E-state index contributed by atoms with van der Waals surface area (Å²) in [5.41, 5.74) is 13.8. The van der Waals surface area contributed by atoms with E-state index in [2.05, 4.69) is 13.8 Å². The number of nitrogen functional groups attached to an aromatic ring is 2. The Labute approximate surface area is 90.2 Å². The summed E-state index contributed by atoms with van der Waals surface area (Å²) < 4.78 is 0. The molecule has 0 aromatic heterocycles. The lowest BCUT2D eigenvalue weighted by Crippen LogP contribution is -2.18. The zero-order chi connectivity index (χ0) is 10.8. The highest BCUT2D eigenvalue weighted by atomic mass is 35.5. The van der Waals surface area contributed by atoms with Crippen molar-refractivity contribution in [3.05, 3.63) is 23.8 Å². The molecule has 1 aromatic carbocycles. The van der Waals surface area contributed by atoms with Crippen LogP contribution in [0.25, 0.3) is 0 Å². The molecule has 0 amide bonds. The third-order valence-corrected chi connectivity index (χ3v) is 3.48. The van der Waals surface area contributed by atoms with Crippen molar-refractivity contribution in [2.75, 3.05) is 11.5 Å². The second-order valence-corrected chi connectivity index (χ2v) is 4.20. The average Bonchev–Trinajstić information content (AvgIpc) is 2.21. The zero-order valence-electron chi connectivity index (χ0n) is 8.68. The van der Waals surface area contributed by atoms with E-state index in [1.807, 2.05) is 12.1 Å². The first kappa shape index (κ1) is 11.2. The van der Waals surface area contributed by atoms with Crippen molar-refractivity contribution in [2.45, 2.75) is 31.6 Å². The molecule has 4 N–H and O–H groups in total. The lowest BCUT2D eigenvalue weighted by atomic mass is 9.91. The number of para-hydroxylation sites is 1. The molecule has 0 unspecified atom stereocenters. The third-order valence-electron chi connectivity index (χ3n) is 2.74. The van der Waals surface area contributed by atoms with E-state index in [9.17, 15) is 0 Å². The first-order valence-electron chi connectivity index (χ1n) is 4.88. The Bertz CT molecular complexity index is 319. The Morgan fingerprint density at radius 1 is 1.21 bits per heavy atom. The van der Waals surface area contributed by atoms with E-state index in [0.29, 0.717) is 11.4 Å². The molecule has 14 heavy (non-hydrogen) atoms. The van der Waals surface area contributed by atoms with Gasteiger partial charge in [-0.3, -0.25) is 0 Å². The van der Waals surface area contributed by atoms with Gasteiger partial charge in [-0.2, -0.15) is 0 Å². The third kappa shape index (κ3) is 1.80. The minimum absolute atomic E-state index is 0.376. The fourth-order valence-corrected chi connectivity index (χ4v) is 1.77. The van der Waals surface area contributed by atoms with Gasteiger partial charge in [0, 0.05) is 0 Å². The molecule has 1 aromatic rings. The molecule has 78 valence electrons. The zero-order valence-corrected chi connectivity index (χ0v) is 9.43. The van der Waals surface area contributed by atoms with Gasteiger partial charge in [0.1, 0.15) is 0 Å². The summed E-state index contributed by atoms with van der Waals surface area (Å²) in [7, 11) is 0. The Morgan fingerprint density at radius 3 is 2.29 bits per heavy atom. The van der Waals surface area contributed by atoms with Crippen LogP contribution in [0.5, 0.6) is 0 Å². The van der Waals surface area contributed by atoms with E-state index in [4.69, 9.17) is 23.1 Å². The van der Waals surface area contributed by atoms with Crippen molar-refractivity contribution in [3.63, 3.8) is 0 Å². The topological polar surface area (TPSA) is 52.0 Å². The van der Waals surface area contributed by atoms with Gasteiger partial charge in [-0.05, 0) is 24.5 Å². The quantitative estimate of drug-likeness (QED) is 0.598. The van der Waals surface area contributed by atoms with Crippen LogP contribution in [0.3, 0.4) is 0 Å². The Morgan fingerprint density at radius 2 is 1.79 bits per heavy atom. The number of rotatable bonds is 3. The normalized spacial score (nSPS) is 11.6. The van der Waals surface area contributed by atoms with Crippen molar-refractivity contribution < 1.29 is 0 Å². The van der Waals surface area contributed by atoms with E-state index in [1.54, 1.807) is 6.07 Å². The maximum atomic E-state index is 6.48. The van der Waals surface area contributed by atoms with E-state index < -0.39 is 0 Å². The maximum Gasteiger partial charge on any atom is 0.0710 e. The molecule has 1 rings (SSSR count). The average molecular weight is 213 g/mol.